The normalized spacial score (nSPS) is 12.1. The number of hydrogen-bond acceptors (Lipinski definition) is 9. The topological polar surface area (TPSA) is 160 Å². The number of hydrogen-bond donors (Lipinski definition) is 7. The summed E-state index contributed by atoms with van der Waals surface area (Å²) in [4.78, 5) is 9.83. The lowest BCUT2D eigenvalue weighted by atomic mass is 9.85. The van der Waals surface area contributed by atoms with Crippen LogP contribution in [0.25, 0.3) is 0 Å². The predicted octanol–water partition coefficient (Wildman–Crippen LogP) is 3.59. The van der Waals surface area contributed by atoms with Gasteiger partial charge in [0.2, 0.25) is 17.2 Å². The highest BCUT2D eigenvalue weighted by atomic mass is 17.2. The molecular weight excluding hydrogens is 384 g/mol. The van der Waals surface area contributed by atoms with E-state index in [0.717, 1.165) is 6.07 Å². The Morgan fingerprint density at radius 1 is 0.552 bits per heavy atom. The van der Waals surface area contributed by atoms with Crippen LogP contribution < -0.4 is 9.78 Å². The molecule has 0 aromatic heterocycles. The minimum Gasteiger partial charge on any atom is -0.504 e. The van der Waals surface area contributed by atoms with Gasteiger partial charge in [-0.3, -0.25) is 9.78 Å². The van der Waals surface area contributed by atoms with Crippen LogP contribution in [-0.2, 0) is 10.8 Å². The molecule has 2 aromatic rings. The van der Waals surface area contributed by atoms with Crippen molar-refractivity contribution in [3.63, 3.8) is 0 Å². The Morgan fingerprint density at radius 3 is 1.48 bits per heavy atom. The lowest BCUT2D eigenvalue weighted by Crippen LogP contribution is -2.14. The highest BCUT2D eigenvalue weighted by Gasteiger charge is 2.33. The molecule has 0 saturated carbocycles. The molecule has 160 valence electrons. The highest BCUT2D eigenvalue weighted by molar-refractivity contribution is 5.69. The average Bonchev–Trinajstić information content (AvgIpc) is 2.56. The number of aromatic hydroxyl groups is 7. The lowest BCUT2D eigenvalue weighted by molar-refractivity contribution is -0.107. The van der Waals surface area contributed by atoms with Crippen LogP contribution >= 0.6 is 0 Å². The van der Waals surface area contributed by atoms with Gasteiger partial charge >= 0.3 is 0 Å². The maximum absolute atomic E-state index is 10.5. The SMILES string of the molecule is CC(C)(C)c1cc(O)c(O)c(OOc2c(O)c(O)c(O)c(C(C)(C)C)c2O)c1O. The molecule has 2 rings (SSSR count). The molecule has 0 aliphatic carbocycles. The maximum atomic E-state index is 10.5. The first-order chi connectivity index (χ1) is 13.1. The molecule has 0 aliphatic rings. The Bertz CT molecular complexity index is 951. The van der Waals surface area contributed by atoms with Crippen LogP contribution in [0.2, 0.25) is 0 Å². The van der Waals surface area contributed by atoms with Crippen molar-refractivity contribution >= 4 is 0 Å². The van der Waals surface area contributed by atoms with Crippen LogP contribution in [0.1, 0.15) is 52.7 Å². The smallest absolute Gasteiger partial charge is 0.266 e. The van der Waals surface area contributed by atoms with E-state index in [0.29, 0.717) is 0 Å². The quantitative estimate of drug-likeness (QED) is 0.174. The van der Waals surface area contributed by atoms with Crippen LogP contribution in [0, 0.1) is 0 Å². The molecule has 0 aliphatic heterocycles. The van der Waals surface area contributed by atoms with Gasteiger partial charge in [-0.2, -0.15) is 0 Å². The highest BCUT2D eigenvalue weighted by Crippen LogP contribution is 2.55. The second-order valence-corrected chi connectivity index (χ2v) is 8.73. The number of phenolic OH excluding ortho intramolecular Hbond substituents is 7. The molecule has 0 saturated heterocycles. The second kappa shape index (κ2) is 6.91. The molecule has 9 heteroatoms. The van der Waals surface area contributed by atoms with E-state index < -0.39 is 62.6 Å². The predicted molar refractivity (Wildman–Crippen MR) is 103 cm³/mol. The van der Waals surface area contributed by atoms with Gasteiger partial charge in [0.15, 0.2) is 23.0 Å². The van der Waals surface area contributed by atoms with Gasteiger partial charge in [0, 0.05) is 11.1 Å². The van der Waals surface area contributed by atoms with Crippen molar-refractivity contribution < 1.29 is 45.5 Å². The Balaban J connectivity index is 2.59. The molecule has 9 nitrogen and oxygen atoms in total. The van der Waals surface area contributed by atoms with Crippen LogP contribution in [0.5, 0.6) is 51.7 Å². The van der Waals surface area contributed by atoms with Crippen molar-refractivity contribution in [2.75, 3.05) is 0 Å². The van der Waals surface area contributed by atoms with Crippen LogP contribution in [-0.4, -0.2) is 35.7 Å². The van der Waals surface area contributed by atoms with E-state index in [-0.39, 0.29) is 11.1 Å². The van der Waals surface area contributed by atoms with Crippen molar-refractivity contribution in [3.05, 3.63) is 17.2 Å². The fourth-order valence-electron chi connectivity index (χ4n) is 2.82. The van der Waals surface area contributed by atoms with Gasteiger partial charge in [-0.15, -0.1) is 0 Å². The first-order valence-corrected chi connectivity index (χ1v) is 8.72. The molecular formula is C20H26O9. The van der Waals surface area contributed by atoms with E-state index in [4.69, 9.17) is 9.78 Å². The molecule has 2 aromatic carbocycles. The molecule has 0 atom stereocenters. The van der Waals surface area contributed by atoms with E-state index in [1.807, 2.05) is 0 Å². The number of rotatable bonds is 3. The molecule has 0 bridgehead atoms. The largest absolute Gasteiger partial charge is 0.504 e. The summed E-state index contributed by atoms with van der Waals surface area (Å²) in [7, 11) is 0. The van der Waals surface area contributed by atoms with Gasteiger partial charge in [-0.05, 0) is 16.9 Å². The molecule has 0 spiro atoms. The monoisotopic (exact) mass is 410 g/mol. The van der Waals surface area contributed by atoms with Gasteiger partial charge in [0.1, 0.15) is 0 Å². The summed E-state index contributed by atoms with van der Waals surface area (Å²) in [6, 6.07) is 1.16. The summed E-state index contributed by atoms with van der Waals surface area (Å²) in [5.74, 6) is -6.83. The number of phenols is 7. The molecule has 0 amide bonds. The van der Waals surface area contributed by atoms with Crippen molar-refractivity contribution in [1.29, 1.82) is 0 Å². The molecule has 0 radical (unpaired) electrons. The Labute approximate surface area is 167 Å². The Hall–Kier alpha value is -3.36. The summed E-state index contributed by atoms with van der Waals surface area (Å²) in [6.07, 6.45) is 0. The van der Waals surface area contributed by atoms with Gasteiger partial charge in [-0.1, -0.05) is 41.5 Å². The fourth-order valence-corrected chi connectivity index (χ4v) is 2.82. The van der Waals surface area contributed by atoms with Crippen LogP contribution in [0.15, 0.2) is 6.07 Å². The van der Waals surface area contributed by atoms with Crippen LogP contribution in [0.4, 0.5) is 0 Å². The molecule has 29 heavy (non-hydrogen) atoms. The van der Waals surface area contributed by atoms with Crippen molar-refractivity contribution in [3.8, 4) is 51.7 Å². The summed E-state index contributed by atoms with van der Waals surface area (Å²) >= 11 is 0. The van der Waals surface area contributed by atoms with Gasteiger partial charge in [-0.25, -0.2) is 0 Å². The first kappa shape index (κ1) is 21.9. The molecule has 0 fully saturated rings. The maximum Gasteiger partial charge on any atom is 0.266 e. The number of benzene rings is 2. The zero-order valence-corrected chi connectivity index (χ0v) is 17.0. The average molecular weight is 410 g/mol. The van der Waals surface area contributed by atoms with E-state index in [9.17, 15) is 35.7 Å². The standard InChI is InChI=1S/C20H26O9/c1-19(2,3)8-7-9(21)12(23)17(11(8)22)28-29-18-14(25)10(20(4,5)6)13(24)15(26)16(18)27/h7,21-27H,1-6H3. The van der Waals surface area contributed by atoms with Crippen molar-refractivity contribution in [1.82, 2.24) is 0 Å². The van der Waals surface area contributed by atoms with Crippen molar-refractivity contribution in [2.24, 2.45) is 0 Å². The Kier molecular flexibility index (Phi) is 5.23. The summed E-state index contributed by atoms with van der Waals surface area (Å²) in [5, 5.41) is 71.0. The van der Waals surface area contributed by atoms with E-state index in [2.05, 4.69) is 0 Å². The van der Waals surface area contributed by atoms with Gasteiger partial charge in [0.25, 0.3) is 11.5 Å². The minimum atomic E-state index is -1.02. The zero-order valence-electron chi connectivity index (χ0n) is 17.0. The third kappa shape index (κ3) is 3.80. The molecule has 0 unspecified atom stereocenters. The van der Waals surface area contributed by atoms with E-state index >= 15 is 0 Å². The van der Waals surface area contributed by atoms with E-state index in [1.165, 1.54) is 0 Å². The fraction of sp³-hybridized carbons (Fsp3) is 0.400. The zero-order chi connectivity index (χ0) is 22.5. The van der Waals surface area contributed by atoms with Crippen LogP contribution in [0.3, 0.4) is 0 Å². The third-order valence-corrected chi connectivity index (χ3v) is 4.33. The van der Waals surface area contributed by atoms with Gasteiger partial charge < -0.3 is 35.7 Å². The Morgan fingerprint density at radius 2 is 1.03 bits per heavy atom. The summed E-state index contributed by atoms with van der Waals surface area (Å²) in [6.45, 7) is 10.1. The molecule has 7 N–H and O–H groups in total. The second-order valence-electron chi connectivity index (χ2n) is 8.73. The minimum absolute atomic E-state index is 0.133. The first-order valence-electron chi connectivity index (χ1n) is 8.72. The lowest BCUT2D eigenvalue weighted by Gasteiger charge is -2.24. The summed E-state index contributed by atoms with van der Waals surface area (Å²) in [5.41, 5.74) is -1.42. The van der Waals surface area contributed by atoms with E-state index in [1.54, 1.807) is 41.5 Å². The van der Waals surface area contributed by atoms with Crippen molar-refractivity contribution in [2.45, 2.75) is 52.4 Å². The summed E-state index contributed by atoms with van der Waals surface area (Å²) < 4.78 is 0. The third-order valence-electron chi connectivity index (χ3n) is 4.33. The molecule has 0 heterocycles. The van der Waals surface area contributed by atoms with Gasteiger partial charge in [0.05, 0.1) is 0 Å².